The molecule has 0 amide bonds. The van der Waals surface area contributed by atoms with Gasteiger partial charge in [0.15, 0.2) is 0 Å². The maximum atomic E-state index is 3.51. The molecule has 1 unspecified atom stereocenters. The number of rotatable bonds is 6. The lowest BCUT2D eigenvalue weighted by molar-refractivity contribution is 0.657. The smallest absolute Gasteiger partial charge is 0.0342 e. The van der Waals surface area contributed by atoms with Crippen molar-refractivity contribution >= 4 is 5.69 Å². The summed E-state index contributed by atoms with van der Waals surface area (Å²) in [6, 6.07) is 10.9. The number of hydrogen-bond acceptors (Lipinski definition) is 1. The van der Waals surface area contributed by atoms with Crippen LogP contribution in [0.2, 0.25) is 0 Å². The van der Waals surface area contributed by atoms with Crippen LogP contribution in [-0.4, -0.2) is 6.04 Å². The molecule has 0 heterocycles. The first-order valence-electron chi connectivity index (χ1n) is 5.48. The Balaban J connectivity index is 2.40. The second-order valence-electron chi connectivity index (χ2n) is 3.59. The lowest BCUT2D eigenvalue weighted by Gasteiger charge is -2.17. The van der Waals surface area contributed by atoms with Gasteiger partial charge in [0, 0.05) is 11.7 Å². The van der Waals surface area contributed by atoms with E-state index >= 15 is 0 Å². The lowest BCUT2D eigenvalue weighted by atomic mass is 10.1. The Hall–Kier alpha value is -0.980. The van der Waals surface area contributed by atoms with Gasteiger partial charge < -0.3 is 5.32 Å². The Bertz CT molecular complexity index is 230. The van der Waals surface area contributed by atoms with E-state index in [9.17, 15) is 0 Å². The number of para-hydroxylation sites is 1. The van der Waals surface area contributed by atoms with Gasteiger partial charge in [0.25, 0.3) is 0 Å². The molecule has 0 fully saturated rings. The molecule has 0 bridgehead atoms. The van der Waals surface area contributed by atoms with Crippen LogP contribution in [0.3, 0.4) is 0 Å². The van der Waals surface area contributed by atoms with Crippen LogP contribution in [0.4, 0.5) is 5.69 Å². The molecule has 0 aromatic heterocycles. The van der Waals surface area contributed by atoms with Crippen molar-refractivity contribution in [1.82, 2.24) is 0 Å². The van der Waals surface area contributed by atoms with Gasteiger partial charge in [0.2, 0.25) is 0 Å². The summed E-state index contributed by atoms with van der Waals surface area (Å²) in [5.41, 5.74) is 1.21. The van der Waals surface area contributed by atoms with Crippen LogP contribution >= 0.6 is 0 Å². The molecule has 0 saturated heterocycles. The summed E-state index contributed by atoms with van der Waals surface area (Å²) in [6.07, 6.45) is 6.01. The average molecular weight is 190 g/mol. The third kappa shape index (κ3) is 3.82. The van der Waals surface area contributed by atoms with Crippen LogP contribution < -0.4 is 5.32 Å². The van der Waals surface area contributed by atoms with E-state index in [1.54, 1.807) is 0 Å². The molecular weight excluding hydrogens is 170 g/mol. The minimum Gasteiger partial charge on any atom is -0.382 e. The van der Waals surface area contributed by atoms with Gasteiger partial charge in [-0.25, -0.2) is 0 Å². The Morgan fingerprint density at radius 3 is 2.57 bits per heavy atom. The molecule has 1 rings (SSSR count). The summed E-state index contributed by atoms with van der Waals surface area (Å²) in [5, 5.41) is 3.51. The third-order valence-corrected chi connectivity index (χ3v) is 2.40. The fraction of sp³-hybridized carbons (Fsp3) is 0.462. The first kappa shape index (κ1) is 11.1. The summed E-state index contributed by atoms with van der Waals surface area (Å²) in [4.78, 5) is 0. The van der Waals surface area contributed by atoms with Crippen molar-refractivity contribution in [2.75, 3.05) is 5.32 Å². The van der Waals surface area contributed by atoms with E-state index in [2.05, 4.69) is 49.9 Å². The monoisotopic (exact) mass is 190 g/mol. The van der Waals surface area contributed by atoms with Gasteiger partial charge in [-0.2, -0.15) is 0 Å². The van der Waals surface area contributed by atoms with Crippen LogP contribution in [0.15, 0.2) is 30.3 Å². The fourth-order valence-electron chi connectivity index (χ4n) is 1.49. The van der Waals surface area contributed by atoms with Gasteiger partial charge in [0.05, 0.1) is 0 Å². The summed E-state index contributed by atoms with van der Waals surface area (Å²) < 4.78 is 0. The third-order valence-electron chi connectivity index (χ3n) is 2.40. The van der Waals surface area contributed by atoms with Crippen molar-refractivity contribution in [3.63, 3.8) is 0 Å². The molecule has 0 spiro atoms. The molecule has 1 heteroatoms. The van der Waals surface area contributed by atoms with Crippen molar-refractivity contribution < 1.29 is 0 Å². The zero-order chi connectivity index (χ0) is 10.2. The number of unbranched alkanes of at least 4 members (excludes halogenated alkanes) is 1. The number of benzene rings is 1. The highest BCUT2D eigenvalue weighted by Gasteiger charge is 2.04. The molecule has 1 radical (unpaired) electrons. The molecule has 1 aromatic carbocycles. The predicted octanol–water partition coefficient (Wildman–Crippen LogP) is 3.88. The van der Waals surface area contributed by atoms with E-state index < -0.39 is 0 Å². The highest BCUT2D eigenvalue weighted by atomic mass is 14.9. The van der Waals surface area contributed by atoms with E-state index in [1.807, 2.05) is 6.07 Å². The topological polar surface area (TPSA) is 12.0 Å². The second-order valence-corrected chi connectivity index (χ2v) is 3.59. The first-order chi connectivity index (χ1) is 6.86. The first-order valence-corrected chi connectivity index (χ1v) is 5.48. The Kier molecular flexibility index (Phi) is 5.13. The molecule has 0 saturated carbocycles. The molecule has 0 aliphatic heterocycles. The molecule has 1 nitrogen and oxygen atoms in total. The summed E-state index contributed by atoms with van der Waals surface area (Å²) in [5.74, 6) is 0. The summed E-state index contributed by atoms with van der Waals surface area (Å²) >= 11 is 0. The van der Waals surface area contributed by atoms with Crippen molar-refractivity contribution in [2.24, 2.45) is 0 Å². The number of hydrogen-bond donors (Lipinski definition) is 1. The van der Waals surface area contributed by atoms with Crippen molar-refractivity contribution in [2.45, 2.75) is 39.2 Å². The Labute approximate surface area is 87.5 Å². The summed E-state index contributed by atoms with van der Waals surface area (Å²) in [6.45, 7) is 4.35. The SMILES string of the molecule is C[CH]C(CCCC)Nc1ccccc1. The fourth-order valence-corrected chi connectivity index (χ4v) is 1.49. The number of anilines is 1. The van der Waals surface area contributed by atoms with Gasteiger partial charge >= 0.3 is 0 Å². The molecule has 1 atom stereocenters. The van der Waals surface area contributed by atoms with Crippen LogP contribution in [-0.2, 0) is 0 Å². The largest absolute Gasteiger partial charge is 0.382 e. The predicted molar refractivity (Wildman–Crippen MR) is 63.4 cm³/mol. The van der Waals surface area contributed by atoms with E-state index in [1.165, 1.54) is 24.9 Å². The zero-order valence-corrected chi connectivity index (χ0v) is 9.16. The van der Waals surface area contributed by atoms with Gasteiger partial charge in [-0.15, -0.1) is 0 Å². The number of nitrogens with one attached hydrogen (secondary N) is 1. The Morgan fingerprint density at radius 2 is 2.00 bits per heavy atom. The molecule has 0 aliphatic rings. The van der Waals surface area contributed by atoms with Gasteiger partial charge in [-0.05, 0) is 25.0 Å². The maximum absolute atomic E-state index is 3.51. The summed E-state index contributed by atoms with van der Waals surface area (Å²) in [7, 11) is 0. The molecular formula is C13H20N. The van der Waals surface area contributed by atoms with Crippen LogP contribution in [0.5, 0.6) is 0 Å². The van der Waals surface area contributed by atoms with Crippen LogP contribution in [0.25, 0.3) is 0 Å². The van der Waals surface area contributed by atoms with Crippen LogP contribution in [0.1, 0.15) is 33.1 Å². The molecule has 1 aromatic rings. The van der Waals surface area contributed by atoms with Crippen molar-refractivity contribution in [1.29, 1.82) is 0 Å². The molecule has 1 N–H and O–H groups in total. The quantitative estimate of drug-likeness (QED) is 0.717. The van der Waals surface area contributed by atoms with Gasteiger partial charge in [-0.1, -0.05) is 44.9 Å². The van der Waals surface area contributed by atoms with Crippen molar-refractivity contribution in [3.8, 4) is 0 Å². The van der Waals surface area contributed by atoms with Crippen LogP contribution in [0, 0.1) is 6.42 Å². The lowest BCUT2D eigenvalue weighted by Crippen LogP contribution is -2.18. The maximum Gasteiger partial charge on any atom is 0.0342 e. The minimum atomic E-state index is 0.511. The van der Waals surface area contributed by atoms with Gasteiger partial charge in [-0.3, -0.25) is 0 Å². The highest BCUT2D eigenvalue weighted by Crippen LogP contribution is 2.12. The minimum absolute atomic E-state index is 0.511. The normalized spacial score (nSPS) is 12.4. The molecule has 0 aliphatic carbocycles. The average Bonchev–Trinajstić information content (AvgIpc) is 2.25. The highest BCUT2D eigenvalue weighted by molar-refractivity contribution is 5.43. The van der Waals surface area contributed by atoms with E-state index in [4.69, 9.17) is 0 Å². The van der Waals surface area contributed by atoms with Gasteiger partial charge in [0.1, 0.15) is 0 Å². The van der Waals surface area contributed by atoms with E-state index in [0.29, 0.717) is 6.04 Å². The molecule has 14 heavy (non-hydrogen) atoms. The second kappa shape index (κ2) is 6.47. The van der Waals surface area contributed by atoms with Crippen molar-refractivity contribution in [3.05, 3.63) is 36.8 Å². The zero-order valence-electron chi connectivity index (χ0n) is 9.16. The Morgan fingerprint density at radius 1 is 1.29 bits per heavy atom. The van der Waals surface area contributed by atoms with E-state index in [-0.39, 0.29) is 0 Å². The van der Waals surface area contributed by atoms with E-state index in [0.717, 1.165) is 0 Å². The standard InChI is InChI=1S/C13H20N/c1-3-5-9-12(4-2)14-13-10-7-6-8-11-13/h4,6-8,10-12,14H,3,5,9H2,1-2H3. The molecule has 77 valence electrons.